The van der Waals surface area contributed by atoms with Gasteiger partial charge in [-0.2, -0.15) is 0 Å². The number of thiophene rings is 2. The SMILES string of the molecule is COC(=O)c1cc2c3cc(OC)c(OC)cc3c3ccsc3c2s1. The second-order valence-corrected chi connectivity index (χ2v) is 7.23. The summed E-state index contributed by atoms with van der Waals surface area (Å²) in [5.41, 5.74) is 0. The highest BCUT2D eigenvalue weighted by molar-refractivity contribution is 7.27. The monoisotopic (exact) mass is 358 g/mol. The zero-order valence-electron chi connectivity index (χ0n) is 13.3. The summed E-state index contributed by atoms with van der Waals surface area (Å²) in [6, 6.07) is 7.98. The molecule has 4 aromatic rings. The van der Waals surface area contributed by atoms with Crippen LogP contribution in [0.1, 0.15) is 9.67 Å². The largest absolute Gasteiger partial charge is 0.493 e. The third-order valence-electron chi connectivity index (χ3n) is 4.09. The number of hydrogen-bond acceptors (Lipinski definition) is 6. The first-order valence-corrected chi connectivity index (χ1v) is 8.94. The van der Waals surface area contributed by atoms with Crippen LogP contribution in [0.15, 0.2) is 29.6 Å². The Morgan fingerprint density at radius 1 is 0.875 bits per heavy atom. The molecule has 0 aliphatic heterocycles. The molecular weight excluding hydrogens is 344 g/mol. The highest BCUT2D eigenvalue weighted by Gasteiger charge is 2.18. The summed E-state index contributed by atoms with van der Waals surface area (Å²) < 4.78 is 18.1. The van der Waals surface area contributed by atoms with Crippen molar-refractivity contribution in [1.29, 1.82) is 0 Å². The Bertz CT molecular complexity index is 1090. The number of rotatable bonds is 3. The van der Waals surface area contributed by atoms with Gasteiger partial charge in [-0.05, 0) is 40.4 Å². The van der Waals surface area contributed by atoms with Crippen LogP contribution in [0.2, 0.25) is 0 Å². The summed E-state index contributed by atoms with van der Waals surface area (Å²) in [7, 11) is 4.66. The Hall–Kier alpha value is -2.31. The molecule has 2 aromatic heterocycles. The van der Waals surface area contributed by atoms with Crippen molar-refractivity contribution in [3.8, 4) is 11.5 Å². The van der Waals surface area contributed by atoms with Crippen molar-refractivity contribution >= 4 is 59.6 Å². The summed E-state index contributed by atoms with van der Waals surface area (Å²) in [5, 5.41) is 6.39. The van der Waals surface area contributed by atoms with E-state index in [2.05, 4.69) is 11.4 Å². The van der Waals surface area contributed by atoms with E-state index >= 15 is 0 Å². The van der Waals surface area contributed by atoms with E-state index in [4.69, 9.17) is 14.2 Å². The minimum Gasteiger partial charge on any atom is -0.493 e. The van der Waals surface area contributed by atoms with Crippen molar-refractivity contribution in [2.45, 2.75) is 0 Å². The number of benzene rings is 2. The molecule has 0 unspecified atom stereocenters. The van der Waals surface area contributed by atoms with Crippen molar-refractivity contribution in [2.24, 2.45) is 0 Å². The van der Waals surface area contributed by atoms with Crippen LogP contribution >= 0.6 is 22.7 Å². The predicted molar refractivity (Wildman–Crippen MR) is 99.2 cm³/mol. The molecule has 0 saturated carbocycles. The van der Waals surface area contributed by atoms with E-state index in [1.54, 1.807) is 25.6 Å². The van der Waals surface area contributed by atoms with E-state index in [9.17, 15) is 4.79 Å². The van der Waals surface area contributed by atoms with Crippen molar-refractivity contribution in [2.75, 3.05) is 21.3 Å². The van der Waals surface area contributed by atoms with Gasteiger partial charge in [0.2, 0.25) is 0 Å². The van der Waals surface area contributed by atoms with Crippen LogP contribution < -0.4 is 9.47 Å². The highest BCUT2D eigenvalue weighted by Crippen LogP contribution is 2.45. The average Bonchev–Trinajstić information content (AvgIpc) is 3.26. The fourth-order valence-electron chi connectivity index (χ4n) is 2.98. The van der Waals surface area contributed by atoms with E-state index in [0.717, 1.165) is 26.2 Å². The lowest BCUT2D eigenvalue weighted by Gasteiger charge is -2.11. The molecule has 0 atom stereocenters. The molecule has 122 valence electrons. The van der Waals surface area contributed by atoms with Gasteiger partial charge in [0.15, 0.2) is 11.5 Å². The van der Waals surface area contributed by atoms with E-state index in [1.165, 1.54) is 23.1 Å². The lowest BCUT2D eigenvalue weighted by atomic mass is 10.0. The summed E-state index contributed by atoms with van der Waals surface area (Å²) >= 11 is 3.14. The van der Waals surface area contributed by atoms with Gasteiger partial charge in [0.1, 0.15) is 4.88 Å². The van der Waals surface area contributed by atoms with Gasteiger partial charge in [-0.1, -0.05) is 0 Å². The molecule has 0 amide bonds. The Labute approximate surface area is 146 Å². The standard InChI is InChI=1S/C18H14O4S2/c1-20-13-6-10-9-4-5-23-16(9)17-12(11(10)7-14(13)21-2)8-15(24-17)18(19)22-3/h4-8H,1-3H3. The predicted octanol–water partition coefficient (Wildman–Crippen LogP) is 5.07. The third-order valence-corrected chi connectivity index (χ3v) is 6.29. The van der Waals surface area contributed by atoms with Gasteiger partial charge in [-0.3, -0.25) is 0 Å². The Morgan fingerprint density at radius 3 is 2.17 bits per heavy atom. The Balaban J connectivity index is 2.20. The second-order valence-electron chi connectivity index (χ2n) is 5.26. The number of carbonyl (C=O) groups is 1. The van der Waals surface area contributed by atoms with E-state index in [-0.39, 0.29) is 5.97 Å². The molecule has 0 bridgehead atoms. The van der Waals surface area contributed by atoms with Gasteiger partial charge in [0, 0.05) is 10.8 Å². The normalized spacial score (nSPS) is 11.3. The fourth-order valence-corrected chi connectivity index (χ4v) is 5.16. The van der Waals surface area contributed by atoms with E-state index in [0.29, 0.717) is 16.4 Å². The smallest absolute Gasteiger partial charge is 0.348 e. The molecule has 4 rings (SSSR count). The number of ether oxygens (including phenoxy) is 3. The fraction of sp³-hybridized carbons (Fsp3) is 0.167. The molecule has 0 N–H and O–H groups in total. The number of hydrogen-bond donors (Lipinski definition) is 0. The zero-order valence-corrected chi connectivity index (χ0v) is 15.0. The van der Waals surface area contributed by atoms with Gasteiger partial charge >= 0.3 is 5.97 Å². The van der Waals surface area contributed by atoms with Gasteiger partial charge in [0.05, 0.1) is 30.7 Å². The molecule has 2 heterocycles. The van der Waals surface area contributed by atoms with Crippen molar-refractivity contribution in [1.82, 2.24) is 0 Å². The lowest BCUT2D eigenvalue weighted by molar-refractivity contribution is 0.0606. The Morgan fingerprint density at radius 2 is 1.54 bits per heavy atom. The minimum absolute atomic E-state index is 0.311. The molecule has 0 spiro atoms. The number of methoxy groups -OCH3 is 3. The average molecular weight is 358 g/mol. The number of fused-ring (bicyclic) bond motifs is 6. The molecule has 24 heavy (non-hydrogen) atoms. The van der Waals surface area contributed by atoms with Crippen LogP contribution in [0.25, 0.3) is 30.9 Å². The maximum Gasteiger partial charge on any atom is 0.348 e. The van der Waals surface area contributed by atoms with Gasteiger partial charge in [0.25, 0.3) is 0 Å². The molecule has 2 aromatic carbocycles. The van der Waals surface area contributed by atoms with Crippen LogP contribution in [0.3, 0.4) is 0 Å². The summed E-state index contributed by atoms with van der Waals surface area (Å²) in [6.45, 7) is 0. The lowest BCUT2D eigenvalue weighted by Crippen LogP contribution is -1.96. The molecule has 0 aliphatic rings. The van der Waals surface area contributed by atoms with Crippen LogP contribution in [0.4, 0.5) is 0 Å². The van der Waals surface area contributed by atoms with Crippen LogP contribution in [-0.2, 0) is 4.74 Å². The first kappa shape index (κ1) is 15.2. The molecule has 0 radical (unpaired) electrons. The summed E-state index contributed by atoms with van der Waals surface area (Å²) in [4.78, 5) is 12.6. The first-order valence-electron chi connectivity index (χ1n) is 7.24. The molecule has 0 aliphatic carbocycles. The molecule has 4 nitrogen and oxygen atoms in total. The quantitative estimate of drug-likeness (QED) is 0.480. The summed E-state index contributed by atoms with van der Waals surface area (Å²) in [6.07, 6.45) is 0. The molecule has 0 fully saturated rings. The van der Waals surface area contributed by atoms with Crippen LogP contribution in [0, 0.1) is 0 Å². The van der Waals surface area contributed by atoms with E-state index < -0.39 is 0 Å². The third kappa shape index (κ3) is 2.07. The van der Waals surface area contributed by atoms with Crippen molar-refractivity contribution < 1.29 is 19.0 Å². The van der Waals surface area contributed by atoms with Crippen molar-refractivity contribution in [3.63, 3.8) is 0 Å². The van der Waals surface area contributed by atoms with Gasteiger partial charge in [-0.25, -0.2) is 4.79 Å². The Kier molecular flexibility index (Phi) is 3.58. The first-order chi connectivity index (χ1) is 11.7. The van der Waals surface area contributed by atoms with Crippen LogP contribution in [0.5, 0.6) is 11.5 Å². The maximum atomic E-state index is 12.0. The summed E-state index contributed by atoms with van der Waals surface area (Å²) in [5.74, 6) is 1.06. The highest BCUT2D eigenvalue weighted by atomic mass is 32.1. The van der Waals surface area contributed by atoms with Gasteiger partial charge < -0.3 is 14.2 Å². The molecule has 0 saturated heterocycles. The molecule has 6 heteroatoms. The number of carbonyl (C=O) groups excluding carboxylic acids is 1. The minimum atomic E-state index is -0.311. The van der Waals surface area contributed by atoms with Gasteiger partial charge in [-0.15, -0.1) is 22.7 Å². The van der Waals surface area contributed by atoms with Crippen molar-refractivity contribution in [3.05, 3.63) is 34.5 Å². The van der Waals surface area contributed by atoms with Crippen LogP contribution in [-0.4, -0.2) is 27.3 Å². The zero-order chi connectivity index (χ0) is 16.8. The van der Waals surface area contributed by atoms with E-state index in [1.807, 2.05) is 18.2 Å². The topological polar surface area (TPSA) is 44.8 Å². The second kappa shape index (κ2) is 5.65. The number of esters is 1. The molecular formula is C18H14O4S2. The maximum absolute atomic E-state index is 12.0.